The third-order valence-corrected chi connectivity index (χ3v) is 4.07. The third-order valence-electron chi connectivity index (χ3n) is 4.07. The van der Waals surface area contributed by atoms with Crippen LogP contribution in [0.2, 0.25) is 0 Å². The summed E-state index contributed by atoms with van der Waals surface area (Å²) in [5.74, 6) is 0.407. The van der Waals surface area contributed by atoms with Crippen molar-refractivity contribution in [3.63, 3.8) is 0 Å². The predicted octanol–water partition coefficient (Wildman–Crippen LogP) is 1.56. The first kappa shape index (κ1) is 15.6. The fourth-order valence-corrected chi connectivity index (χ4v) is 2.94. The number of rotatable bonds is 6. The van der Waals surface area contributed by atoms with Gasteiger partial charge in [-0.1, -0.05) is 6.07 Å². The van der Waals surface area contributed by atoms with Crippen LogP contribution in [0.25, 0.3) is 0 Å². The molecule has 1 unspecified atom stereocenters. The van der Waals surface area contributed by atoms with E-state index in [1.165, 1.54) is 12.5 Å². The Kier molecular flexibility index (Phi) is 5.44. The fraction of sp³-hybridized carbons (Fsp3) is 0.562. The summed E-state index contributed by atoms with van der Waals surface area (Å²) in [6.07, 6.45) is 5.34. The molecule has 1 aromatic heterocycles. The van der Waals surface area contributed by atoms with E-state index < -0.39 is 0 Å². The molecule has 0 saturated carbocycles. The molecule has 21 heavy (non-hydrogen) atoms. The van der Waals surface area contributed by atoms with Gasteiger partial charge in [-0.3, -0.25) is 14.7 Å². The zero-order valence-electron chi connectivity index (χ0n) is 12.7. The maximum atomic E-state index is 11.7. The lowest BCUT2D eigenvalue weighted by atomic mass is 9.94. The number of carbonyl (C=O) groups is 2. The van der Waals surface area contributed by atoms with Crippen molar-refractivity contribution < 1.29 is 9.59 Å². The number of ketones is 1. The van der Waals surface area contributed by atoms with Crippen LogP contribution in [0.3, 0.4) is 0 Å². The van der Waals surface area contributed by atoms with Gasteiger partial charge in [-0.05, 0) is 44.5 Å². The molecule has 2 heterocycles. The summed E-state index contributed by atoms with van der Waals surface area (Å²) in [6, 6.07) is 4.33. The SMILES string of the molecule is CC(=O)CCC(=O)NC[C@@H]1CCN(C)C1c1cccnc1. The first-order valence-electron chi connectivity index (χ1n) is 7.44. The largest absolute Gasteiger partial charge is 0.356 e. The van der Waals surface area contributed by atoms with E-state index in [9.17, 15) is 9.59 Å². The van der Waals surface area contributed by atoms with E-state index in [1.807, 2.05) is 12.3 Å². The second-order valence-electron chi connectivity index (χ2n) is 5.77. The Morgan fingerprint density at radius 2 is 2.24 bits per heavy atom. The van der Waals surface area contributed by atoms with Gasteiger partial charge in [-0.25, -0.2) is 0 Å². The molecule has 0 aromatic carbocycles. The monoisotopic (exact) mass is 289 g/mol. The molecular weight excluding hydrogens is 266 g/mol. The predicted molar refractivity (Wildman–Crippen MR) is 80.6 cm³/mol. The standard InChI is InChI=1S/C16H23N3O2/c1-12(20)5-6-15(21)18-11-14-7-9-19(2)16(14)13-4-3-8-17-10-13/h3-4,8,10,14,16H,5-7,9,11H2,1-2H3,(H,18,21)/t14-,16?/m0/s1. The third kappa shape index (κ3) is 4.36. The molecule has 1 saturated heterocycles. The minimum absolute atomic E-state index is 0.0373. The van der Waals surface area contributed by atoms with Crippen LogP contribution < -0.4 is 5.32 Å². The Hall–Kier alpha value is -1.75. The molecular formula is C16H23N3O2. The molecule has 5 heteroatoms. The Balaban J connectivity index is 1.90. The quantitative estimate of drug-likeness (QED) is 0.863. The normalized spacial score (nSPS) is 22.2. The molecule has 0 aliphatic carbocycles. The molecule has 1 amide bonds. The lowest BCUT2D eigenvalue weighted by molar-refractivity contribution is -0.124. The number of carbonyl (C=O) groups excluding carboxylic acids is 2. The molecule has 0 bridgehead atoms. The van der Waals surface area contributed by atoms with Gasteiger partial charge in [0.05, 0.1) is 0 Å². The summed E-state index contributed by atoms with van der Waals surface area (Å²) in [4.78, 5) is 29.1. The molecule has 1 fully saturated rings. The molecule has 1 N–H and O–H groups in total. The number of pyridine rings is 1. The van der Waals surface area contributed by atoms with E-state index in [1.54, 1.807) is 6.20 Å². The van der Waals surface area contributed by atoms with E-state index in [0.29, 0.717) is 24.9 Å². The minimum Gasteiger partial charge on any atom is -0.356 e. The zero-order valence-corrected chi connectivity index (χ0v) is 12.7. The number of likely N-dealkylation sites (tertiary alicyclic amines) is 1. The molecule has 2 atom stereocenters. The number of hydrogen-bond donors (Lipinski definition) is 1. The Bertz CT molecular complexity index is 490. The highest BCUT2D eigenvalue weighted by atomic mass is 16.2. The van der Waals surface area contributed by atoms with Crippen LogP contribution in [-0.4, -0.2) is 41.7 Å². The number of amides is 1. The first-order chi connectivity index (χ1) is 10.1. The maximum Gasteiger partial charge on any atom is 0.220 e. The van der Waals surface area contributed by atoms with E-state index >= 15 is 0 Å². The lowest BCUT2D eigenvalue weighted by Gasteiger charge is -2.25. The van der Waals surface area contributed by atoms with Crippen LogP contribution in [-0.2, 0) is 9.59 Å². The topological polar surface area (TPSA) is 62.3 Å². The van der Waals surface area contributed by atoms with Crippen LogP contribution in [0, 0.1) is 5.92 Å². The van der Waals surface area contributed by atoms with Gasteiger partial charge in [0, 0.05) is 37.8 Å². The van der Waals surface area contributed by atoms with Crippen molar-refractivity contribution in [3.8, 4) is 0 Å². The van der Waals surface area contributed by atoms with Crippen LogP contribution in [0.1, 0.15) is 37.8 Å². The highest BCUT2D eigenvalue weighted by Crippen LogP contribution is 2.35. The number of hydrogen-bond acceptors (Lipinski definition) is 4. The Labute approximate surface area is 125 Å². The molecule has 0 radical (unpaired) electrons. The smallest absolute Gasteiger partial charge is 0.220 e. The molecule has 1 aliphatic rings. The van der Waals surface area contributed by atoms with Crippen LogP contribution in [0.5, 0.6) is 0 Å². The second-order valence-corrected chi connectivity index (χ2v) is 5.77. The average molecular weight is 289 g/mol. The summed E-state index contributed by atoms with van der Waals surface area (Å²) in [7, 11) is 2.11. The van der Waals surface area contributed by atoms with Gasteiger partial charge in [0.25, 0.3) is 0 Å². The second kappa shape index (κ2) is 7.31. The van der Waals surface area contributed by atoms with Crippen molar-refractivity contribution in [3.05, 3.63) is 30.1 Å². The van der Waals surface area contributed by atoms with Crippen molar-refractivity contribution in [2.24, 2.45) is 5.92 Å². The van der Waals surface area contributed by atoms with E-state index in [2.05, 4.69) is 28.3 Å². The van der Waals surface area contributed by atoms with Gasteiger partial charge in [-0.2, -0.15) is 0 Å². The van der Waals surface area contributed by atoms with Gasteiger partial charge in [0.15, 0.2) is 0 Å². The first-order valence-corrected chi connectivity index (χ1v) is 7.44. The molecule has 114 valence electrons. The minimum atomic E-state index is -0.0373. The van der Waals surface area contributed by atoms with Crippen LogP contribution in [0.15, 0.2) is 24.5 Å². The Morgan fingerprint density at radius 3 is 2.90 bits per heavy atom. The van der Waals surface area contributed by atoms with Crippen molar-refractivity contribution in [1.82, 2.24) is 15.2 Å². The number of Topliss-reactive ketones (excluding diaryl/α,β-unsaturated/α-hetero) is 1. The zero-order chi connectivity index (χ0) is 15.2. The van der Waals surface area contributed by atoms with Gasteiger partial charge in [0.1, 0.15) is 5.78 Å². The van der Waals surface area contributed by atoms with Crippen molar-refractivity contribution in [1.29, 1.82) is 0 Å². The molecule has 1 aromatic rings. The summed E-state index contributed by atoms with van der Waals surface area (Å²) >= 11 is 0. The van der Waals surface area contributed by atoms with Gasteiger partial charge < -0.3 is 10.1 Å². The number of nitrogens with one attached hydrogen (secondary N) is 1. The molecule has 1 aliphatic heterocycles. The summed E-state index contributed by atoms with van der Waals surface area (Å²) in [5.41, 5.74) is 1.19. The average Bonchev–Trinajstić information content (AvgIpc) is 2.84. The highest BCUT2D eigenvalue weighted by molar-refractivity contribution is 5.83. The maximum absolute atomic E-state index is 11.7. The van der Waals surface area contributed by atoms with Crippen LogP contribution >= 0.6 is 0 Å². The van der Waals surface area contributed by atoms with Crippen LogP contribution in [0.4, 0.5) is 0 Å². The van der Waals surface area contributed by atoms with E-state index in [0.717, 1.165) is 13.0 Å². The number of aromatic nitrogens is 1. The number of nitrogens with zero attached hydrogens (tertiary/aromatic N) is 2. The lowest BCUT2D eigenvalue weighted by Crippen LogP contribution is -2.32. The highest BCUT2D eigenvalue weighted by Gasteiger charge is 2.33. The van der Waals surface area contributed by atoms with Crippen molar-refractivity contribution >= 4 is 11.7 Å². The van der Waals surface area contributed by atoms with E-state index in [-0.39, 0.29) is 18.1 Å². The van der Waals surface area contributed by atoms with E-state index in [4.69, 9.17) is 0 Å². The van der Waals surface area contributed by atoms with Gasteiger partial charge >= 0.3 is 0 Å². The summed E-state index contributed by atoms with van der Waals surface area (Å²) in [5, 5.41) is 2.96. The molecule has 5 nitrogen and oxygen atoms in total. The van der Waals surface area contributed by atoms with Gasteiger partial charge in [-0.15, -0.1) is 0 Å². The summed E-state index contributed by atoms with van der Waals surface area (Å²) in [6.45, 7) is 3.19. The summed E-state index contributed by atoms with van der Waals surface area (Å²) < 4.78 is 0. The Morgan fingerprint density at radius 1 is 1.43 bits per heavy atom. The van der Waals surface area contributed by atoms with Gasteiger partial charge in [0.2, 0.25) is 5.91 Å². The van der Waals surface area contributed by atoms with Crippen molar-refractivity contribution in [2.45, 2.75) is 32.2 Å². The fourth-order valence-electron chi connectivity index (χ4n) is 2.94. The molecule has 2 rings (SSSR count). The molecule has 0 spiro atoms. The van der Waals surface area contributed by atoms with Crippen molar-refractivity contribution in [2.75, 3.05) is 20.1 Å².